The molecule has 8 nitrogen and oxygen atoms in total. The Hall–Kier alpha value is -1.61. The topological polar surface area (TPSA) is 124 Å². The second-order valence-electron chi connectivity index (χ2n) is 7.29. The van der Waals surface area contributed by atoms with Crippen molar-refractivity contribution in [1.29, 1.82) is 0 Å². The molecule has 27 heavy (non-hydrogen) atoms. The van der Waals surface area contributed by atoms with Gasteiger partial charge in [-0.2, -0.15) is 0 Å². The van der Waals surface area contributed by atoms with Crippen LogP contribution in [0.5, 0.6) is 0 Å². The molecule has 2 heterocycles. The molecule has 2 amide bonds. The molecule has 2 fully saturated rings. The number of thioether (sulfide) groups is 1. The van der Waals surface area contributed by atoms with Crippen LogP contribution in [0.1, 0.15) is 51.9 Å². The smallest absolute Gasteiger partial charge is 0.326 e. The van der Waals surface area contributed by atoms with Crippen LogP contribution in [0.3, 0.4) is 0 Å². The summed E-state index contributed by atoms with van der Waals surface area (Å²) >= 11 is 1.10. The lowest BCUT2D eigenvalue weighted by molar-refractivity contribution is -0.149. The maximum Gasteiger partial charge on any atom is 0.326 e. The summed E-state index contributed by atoms with van der Waals surface area (Å²) in [7, 11) is 0. The Labute approximate surface area is 163 Å². The van der Waals surface area contributed by atoms with Gasteiger partial charge in [0.05, 0.1) is 6.10 Å². The Bertz CT molecular complexity index is 584. The first-order valence-corrected chi connectivity index (χ1v) is 10.4. The highest BCUT2D eigenvalue weighted by atomic mass is 32.2. The van der Waals surface area contributed by atoms with Crippen molar-refractivity contribution in [2.45, 2.75) is 70.1 Å². The maximum absolute atomic E-state index is 12.9. The SMILES string of the molecule is CC(=O)SCC1CCCCCC[C@@H](C(=O)N2C[C@H](O)C[C@@H]2C(=O)O)NC1=O. The highest BCUT2D eigenvalue weighted by Gasteiger charge is 2.41. The number of aliphatic hydroxyl groups is 1. The van der Waals surface area contributed by atoms with E-state index < -0.39 is 30.1 Å². The Kier molecular flexibility index (Phi) is 8.09. The highest BCUT2D eigenvalue weighted by molar-refractivity contribution is 8.13. The van der Waals surface area contributed by atoms with E-state index in [1.807, 2.05) is 0 Å². The van der Waals surface area contributed by atoms with Gasteiger partial charge in [-0.3, -0.25) is 14.4 Å². The molecule has 2 rings (SSSR count). The molecule has 0 aliphatic carbocycles. The summed E-state index contributed by atoms with van der Waals surface area (Å²) in [5, 5.41) is 21.8. The molecule has 9 heteroatoms. The lowest BCUT2D eigenvalue weighted by Crippen LogP contribution is -2.53. The van der Waals surface area contributed by atoms with Crippen molar-refractivity contribution < 1.29 is 29.4 Å². The molecule has 1 unspecified atom stereocenters. The van der Waals surface area contributed by atoms with Gasteiger partial charge < -0.3 is 20.4 Å². The molecule has 0 aromatic rings. The van der Waals surface area contributed by atoms with E-state index in [-0.39, 0.29) is 29.9 Å². The largest absolute Gasteiger partial charge is 0.480 e. The number of likely N-dealkylation sites (tertiary alicyclic amines) is 1. The predicted octanol–water partition coefficient (Wildman–Crippen LogP) is 0.768. The molecule has 2 saturated heterocycles. The first kappa shape index (κ1) is 21.7. The van der Waals surface area contributed by atoms with E-state index in [1.165, 1.54) is 11.8 Å². The van der Waals surface area contributed by atoms with Crippen molar-refractivity contribution >= 4 is 34.7 Å². The van der Waals surface area contributed by atoms with Crippen LogP contribution in [-0.2, 0) is 19.2 Å². The van der Waals surface area contributed by atoms with Gasteiger partial charge in [0, 0.05) is 31.6 Å². The monoisotopic (exact) mass is 400 g/mol. The maximum atomic E-state index is 12.9. The lowest BCUT2D eigenvalue weighted by Gasteiger charge is -2.29. The fourth-order valence-electron chi connectivity index (χ4n) is 3.64. The number of nitrogens with zero attached hydrogens (tertiary/aromatic N) is 1. The summed E-state index contributed by atoms with van der Waals surface area (Å²) in [4.78, 5) is 49.4. The predicted molar refractivity (Wildman–Crippen MR) is 100 cm³/mol. The van der Waals surface area contributed by atoms with E-state index in [2.05, 4.69) is 5.32 Å². The first-order chi connectivity index (χ1) is 12.8. The molecule has 0 bridgehead atoms. The standard InChI is InChI=1S/C18H28N2O6S/c1-11(21)27-10-12-6-4-2-3-5-7-14(19-16(12)23)17(24)20-9-13(22)8-15(20)18(25)26/h12-15,22H,2-10H2,1H3,(H,19,23)(H,25,26)/t12?,13-,14+,15-/m1/s1. The van der Waals surface area contributed by atoms with Crippen molar-refractivity contribution in [2.24, 2.45) is 5.92 Å². The summed E-state index contributed by atoms with van der Waals surface area (Å²) in [6.45, 7) is 1.42. The normalized spacial score (nSPS) is 29.9. The molecule has 0 aromatic carbocycles. The van der Waals surface area contributed by atoms with Gasteiger partial charge in [0.15, 0.2) is 5.12 Å². The van der Waals surface area contributed by atoms with Crippen LogP contribution in [0.15, 0.2) is 0 Å². The first-order valence-electron chi connectivity index (χ1n) is 9.44. The quantitative estimate of drug-likeness (QED) is 0.637. The van der Waals surface area contributed by atoms with Crippen LogP contribution >= 0.6 is 11.8 Å². The summed E-state index contributed by atoms with van der Waals surface area (Å²) in [6.07, 6.45) is 3.77. The number of carboxylic acid groups (broad SMARTS) is 1. The van der Waals surface area contributed by atoms with Crippen molar-refractivity contribution in [3.63, 3.8) is 0 Å². The molecule has 4 atom stereocenters. The molecule has 152 valence electrons. The van der Waals surface area contributed by atoms with Gasteiger partial charge in [-0.25, -0.2) is 4.79 Å². The Morgan fingerprint density at radius 2 is 1.85 bits per heavy atom. The van der Waals surface area contributed by atoms with Crippen molar-refractivity contribution in [2.75, 3.05) is 12.3 Å². The highest BCUT2D eigenvalue weighted by Crippen LogP contribution is 2.23. The molecular weight excluding hydrogens is 372 g/mol. The summed E-state index contributed by atoms with van der Waals surface area (Å²) in [5.41, 5.74) is 0. The number of β-amino-alcohol motifs (C(OH)–C–C–N with tert-alkyl or cyclic N) is 1. The number of carbonyl (C=O) groups is 4. The fraction of sp³-hybridized carbons (Fsp3) is 0.778. The molecular formula is C18H28N2O6S. The second kappa shape index (κ2) is 10.1. The van der Waals surface area contributed by atoms with Crippen molar-refractivity contribution in [3.05, 3.63) is 0 Å². The summed E-state index contributed by atoms with van der Waals surface area (Å²) < 4.78 is 0. The molecule has 3 N–H and O–H groups in total. The molecule has 0 saturated carbocycles. The summed E-state index contributed by atoms with van der Waals surface area (Å²) in [6, 6.07) is -1.86. The molecule has 0 aromatic heterocycles. The van der Waals surface area contributed by atoms with Gasteiger partial charge in [0.2, 0.25) is 11.8 Å². The van der Waals surface area contributed by atoms with Gasteiger partial charge >= 0.3 is 5.97 Å². The number of aliphatic hydroxyl groups excluding tert-OH is 1. The van der Waals surface area contributed by atoms with Crippen LogP contribution in [-0.4, -0.2) is 68.5 Å². The number of hydrogen-bond acceptors (Lipinski definition) is 6. The average molecular weight is 400 g/mol. The third-order valence-corrected chi connectivity index (χ3v) is 6.09. The zero-order valence-electron chi connectivity index (χ0n) is 15.6. The lowest BCUT2D eigenvalue weighted by atomic mass is 9.97. The van der Waals surface area contributed by atoms with E-state index in [0.717, 1.165) is 37.4 Å². The minimum absolute atomic E-state index is 0.000381. The molecule has 0 spiro atoms. The van der Waals surface area contributed by atoms with E-state index in [9.17, 15) is 29.4 Å². The van der Waals surface area contributed by atoms with Crippen molar-refractivity contribution in [3.8, 4) is 0 Å². The number of aliphatic carboxylic acids is 1. The van der Waals surface area contributed by atoms with Gasteiger partial charge in [-0.05, 0) is 12.8 Å². The van der Waals surface area contributed by atoms with Gasteiger partial charge in [-0.15, -0.1) is 0 Å². The van der Waals surface area contributed by atoms with Crippen LogP contribution in [0.2, 0.25) is 0 Å². The van der Waals surface area contributed by atoms with Gasteiger partial charge in [0.25, 0.3) is 0 Å². The third kappa shape index (κ3) is 6.21. The van der Waals surface area contributed by atoms with Crippen LogP contribution in [0.25, 0.3) is 0 Å². The minimum atomic E-state index is -1.15. The minimum Gasteiger partial charge on any atom is -0.480 e. The Morgan fingerprint density at radius 1 is 1.19 bits per heavy atom. The summed E-state index contributed by atoms with van der Waals surface area (Å²) in [5.74, 6) is -1.85. The van der Waals surface area contributed by atoms with Gasteiger partial charge in [-0.1, -0.05) is 37.4 Å². The van der Waals surface area contributed by atoms with E-state index in [0.29, 0.717) is 18.6 Å². The van der Waals surface area contributed by atoms with Crippen molar-refractivity contribution in [1.82, 2.24) is 10.2 Å². The van der Waals surface area contributed by atoms with E-state index in [1.54, 1.807) is 0 Å². The number of hydrogen-bond donors (Lipinski definition) is 3. The number of amides is 2. The number of carbonyl (C=O) groups excluding carboxylic acids is 3. The average Bonchev–Trinajstić information content (AvgIpc) is 3.00. The van der Waals surface area contributed by atoms with Crippen LogP contribution < -0.4 is 5.32 Å². The zero-order chi connectivity index (χ0) is 20.0. The van der Waals surface area contributed by atoms with E-state index in [4.69, 9.17) is 0 Å². The van der Waals surface area contributed by atoms with Crippen LogP contribution in [0, 0.1) is 5.92 Å². The number of carboxylic acids is 1. The second-order valence-corrected chi connectivity index (χ2v) is 8.48. The number of rotatable bonds is 4. The third-order valence-electron chi connectivity index (χ3n) is 5.12. The Balaban J connectivity index is 2.10. The zero-order valence-corrected chi connectivity index (χ0v) is 16.4. The molecule has 2 aliphatic rings. The molecule has 2 aliphatic heterocycles. The number of nitrogens with one attached hydrogen (secondary N) is 1. The fourth-order valence-corrected chi connectivity index (χ4v) is 4.39. The van der Waals surface area contributed by atoms with Crippen LogP contribution in [0.4, 0.5) is 0 Å². The van der Waals surface area contributed by atoms with Gasteiger partial charge in [0.1, 0.15) is 12.1 Å². The Morgan fingerprint density at radius 3 is 2.48 bits per heavy atom. The molecule has 0 radical (unpaired) electrons. The van der Waals surface area contributed by atoms with E-state index >= 15 is 0 Å².